The highest BCUT2D eigenvalue weighted by Crippen LogP contribution is 2.37. The zero-order valence-corrected chi connectivity index (χ0v) is 24.0. The predicted octanol–water partition coefficient (Wildman–Crippen LogP) is 4.94. The van der Waals surface area contributed by atoms with Crippen molar-refractivity contribution < 1.29 is 27.9 Å². The van der Waals surface area contributed by atoms with Crippen LogP contribution in [-0.2, 0) is 24.7 Å². The first-order valence-corrected chi connectivity index (χ1v) is 13.6. The van der Waals surface area contributed by atoms with Gasteiger partial charge in [-0.15, -0.1) is 0 Å². The topological polar surface area (TPSA) is 104 Å². The Labute approximate surface area is 239 Å². The molecule has 0 aliphatic carbocycles. The number of amides is 2. The number of hydrogen-bond donors (Lipinski definition) is 1. The molecule has 2 aliphatic rings. The van der Waals surface area contributed by atoms with Gasteiger partial charge in [0.2, 0.25) is 0 Å². The van der Waals surface area contributed by atoms with Crippen LogP contribution in [0.5, 0.6) is 0 Å². The second kappa shape index (κ2) is 10.1. The van der Waals surface area contributed by atoms with Crippen LogP contribution in [0.3, 0.4) is 0 Å². The zero-order valence-electron chi connectivity index (χ0n) is 23.2. The monoisotopic (exact) mass is 590 g/mol. The molecule has 0 bridgehead atoms. The number of halogens is 4. The molecule has 0 radical (unpaired) electrons. The molecule has 9 nitrogen and oxygen atoms in total. The molecule has 0 spiro atoms. The molecule has 2 amide bonds. The number of nitrogens with zero attached hydrogens (tertiary/aromatic N) is 6. The van der Waals surface area contributed by atoms with Crippen molar-refractivity contribution in [1.29, 1.82) is 0 Å². The number of carbonyl (C=O) groups excluding carboxylic acids is 2. The summed E-state index contributed by atoms with van der Waals surface area (Å²) in [4.78, 5) is 38.7. The minimum absolute atomic E-state index is 0.00115. The summed E-state index contributed by atoms with van der Waals surface area (Å²) in [6.45, 7) is 9.31. The third-order valence-electron chi connectivity index (χ3n) is 7.79. The lowest BCUT2D eigenvalue weighted by molar-refractivity contribution is -0.137. The van der Waals surface area contributed by atoms with Crippen LogP contribution < -0.4 is 0 Å². The Morgan fingerprint density at radius 1 is 1.15 bits per heavy atom. The van der Waals surface area contributed by atoms with E-state index in [4.69, 9.17) is 16.7 Å². The van der Waals surface area contributed by atoms with Gasteiger partial charge in [-0.3, -0.25) is 19.3 Å². The van der Waals surface area contributed by atoms with Crippen molar-refractivity contribution in [2.75, 3.05) is 6.54 Å². The molecular weight excluding hydrogens is 561 g/mol. The Kier molecular flexibility index (Phi) is 7.14. The third kappa shape index (κ3) is 5.19. The van der Waals surface area contributed by atoms with Crippen molar-refractivity contribution in [3.8, 4) is 0 Å². The van der Waals surface area contributed by atoms with Crippen LogP contribution in [0.25, 0.3) is 0 Å². The van der Waals surface area contributed by atoms with E-state index in [0.717, 1.165) is 11.8 Å². The van der Waals surface area contributed by atoms with Gasteiger partial charge in [-0.2, -0.15) is 18.3 Å². The van der Waals surface area contributed by atoms with E-state index in [1.165, 1.54) is 4.90 Å². The Morgan fingerprint density at radius 2 is 1.85 bits per heavy atom. The fourth-order valence-electron chi connectivity index (χ4n) is 5.41. The van der Waals surface area contributed by atoms with Crippen molar-refractivity contribution in [3.63, 3.8) is 0 Å². The van der Waals surface area contributed by atoms with Gasteiger partial charge < -0.3 is 14.9 Å². The van der Waals surface area contributed by atoms with E-state index in [-0.39, 0.29) is 36.3 Å². The maximum absolute atomic E-state index is 13.9. The van der Waals surface area contributed by atoms with Crippen molar-refractivity contribution in [3.05, 3.63) is 75.1 Å². The molecule has 3 aromatic heterocycles. The van der Waals surface area contributed by atoms with E-state index < -0.39 is 28.3 Å². The lowest BCUT2D eigenvalue weighted by atomic mass is 9.97. The molecule has 1 N–H and O–H groups in total. The number of hydrogen-bond acceptors (Lipinski definition) is 6. The fourth-order valence-corrected chi connectivity index (χ4v) is 5.62. The Bertz CT molecular complexity index is 1520. The fraction of sp³-hybridized carbons (Fsp3) is 0.464. The van der Waals surface area contributed by atoms with Crippen LogP contribution in [0.4, 0.5) is 13.2 Å². The zero-order chi connectivity index (χ0) is 30.0. The smallest absolute Gasteiger partial charge is 0.384 e. The molecule has 0 aromatic carbocycles. The normalized spacial score (nSPS) is 20.1. The molecule has 0 fully saturated rings. The molecule has 3 aromatic rings. The highest BCUT2D eigenvalue weighted by molar-refractivity contribution is 6.31. The molecule has 0 saturated heterocycles. The summed E-state index contributed by atoms with van der Waals surface area (Å²) in [5.74, 6) is -0.952. The Hall–Kier alpha value is -3.51. The average Bonchev–Trinajstić information content (AvgIpc) is 3.27. The minimum atomic E-state index is -4.74. The lowest BCUT2D eigenvalue weighted by Crippen LogP contribution is -2.45. The molecule has 218 valence electrons. The van der Waals surface area contributed by atoms with Gasteiger partial charge in [0.15, 0.2) is 0 Å². The van der Waals surface area contributed by atoms with Gasteiger partial charge in [-0.05, 0) is 52.3 Å². The summed E-state index contributed by atoms with van der Waals surface area (Å²) < 4.78 is 42.0. The van der Waals surface area contributed by atoms with Crippen LogP contribution in [0, 0.1) is 0 Å². The second-order valence-corrected chi connectivity index (χ2v) is 11.7. The number of fused-ring (bicyclic) bond motifs is 3. The first kappa shape index (κ1) is 29.0. The van der Waals surface area contributed by atoms with Gasteiger partial charge in [-0.25, -0.2) is 4.98 Å². The van der Waals surface area contributed by atoms with Crippen LogP contribution in [0.1, 0.15) is 95.8 Å². The molecule has 13 heteroatoms. The van der Waals surface area contributed by atoms with Gasteiger partial charge in [0, 0.05) is 37.0 Å². The van der Waals surface area contributed by atoms with E-state index in [1.807, 2.05) is 19.9 Å². The van der Waals surface area contributed by atoms with Gasteiger partial charge >= 0.3 is 6.18 Å². The van der Waals surface area contributed by atoms with Crippen molar-refractivity contribution >= 4 is 23.4 Å². The maximum atomic E-state index is 13.9. The highest BCUT2D eigenvalue weighted by Gasteiger charge is 2.41. The van der Waals surface area contributed by atoms with Crippen LogP contribution in [-0.4, -0.2) is 59.1 Å². The summed E-state index contributed by atoms with van der Waals surface area (Å²) >= 11 is 5.70. The van der Waals surface area contributed by atoms with Gasteiger partial charge in [0.1, 0.15) is 17.0 Å². The van der Waals surface area contributed by atoms with Crippen molar-refractivity contribution in [2.24, 2.45) is 0 Å². The number of alkyl halides is 3. The first-order valence-electron chi connectivity index (χ1n) is 13.2. The number of carbonyl (C=O) groups is 2. The van der Waals surface area contributed by atoms with Crippen molar-refractivity contribution in [1.82, 2.24) is 29.5 Å². The molecular formula is C28H30ClF3N6O3. The Morgan fingerprint density at radius 3 is 2.46 bits per heavy atom. The van der Waals surface area contributed by atoms with E-state index >= 15 is 0 Å². The molecule has 0 saturated carbocycles. The molecule has 0 unspecified atom stereocenters. The molecule has 5 heterocycles. The largest absolute Gasteiger partial charge is 0.417 e. The second-order valence-electron chi connectivity index (χ2n) is 11.3. The average molecular weight is 591 g/mol. The van der Waals surface area contributed by atoms with Crippen LogP contribution in [0.2, 0.25) is 5.02 Å². The summed E-state index contributed by atoms with van der Waals surface area (Å²) in [6, 6.07) is 3.34. The lowest BCUT2D eigenvalue weighted by Gasteiger charge is -2.37. The summed E-state index contributed by atoms with van der Waals surface area (Å²) in [5.41, 5.74) is 0.304. The summed E-state index contributed by atoms with van der Waals surface area (Å²) in [7, 11) is 0. The number of rotatable bonds is 4. The quantitative estimate of drug-likeness (QED) is 0.462. The minimum Gasteiger partial charge on any atom is -0.384 e. The van der Waals surface area contributed by atoms with Crippen LogP contribution >= 0.6 is 11.6 Å². The highest BCUT2D eigenvalue weighted by atomic mass is 35.5. The van der Waals surface area contributed by atoms with E-state index in [2.05, 4.69) is 9.97 Å². The maximum Gasteiger partial charge on any atom is 0.417 e. The summed E-state index contributed by atoms with van der Waals surface area (Å²) in [6.07, 6.45) is -1.94. The van der Waals surface area contributed by atoms with Gasteiger partial charge in [0.05, 0.1) is 40.6 Å². The van der Waals surface area contributed by atoms with E-state index in [0.29, 0.717) is 41.7 Å². The number of aliphatic hydroxyl groups is 1. The Balaban J connectivity index is 1.45. The van der Waals surface area contributed by atoms with Gasteiger partial charge in [-0.1, -0.05) is 17.7 Å². The van der Waals surface area contributed by atoms with Crippen molar-refractivity contribution in [2.45, 2.75) is 77.5 Å². The van der Waals surface area contributed by atoms with E-state index in [1.54, 1.807) is 42.6 Å². The molecule has 5 rings (SSSR count). The first-order chi connectivity index (χ1) is 19.1. The number of aromatic nitrogens is 4. The van der Waals surface area contributed by atoms with Gasteiger partial charge in [0.25, 0.3) is 11.8 Å². The third-order valence-corrected chi connectivity index (χ3v) is 8.09. The molecule has 2 aliphatic heterocycles. The SMILES string of the molecule is C[C@@H]1Cc2nn3c(c2CN1C(=O)c1cc(C(F)(F)F)c(Cl)cn1)C(=O)N([C@H](C)c1ccc(C(C)(C)O)nc1)C[C@H]3C. The predicted molar refractivity (Wildman–Crippen MR) is 143 cm³/mol. The number of pyridine rings is 2. The molecule has 3 atom stereocenters. The standard InChI is InChI=1S/C28H30ClF3N6O3/c1-14-8-21-18(13-36(14)25(39)22-9-19(28(30,31)32)20(29)11-33-22)24-26(40)37(12-15(2)38(24)35-21)16(3)17-6-7-23(34-10-17)27(4,5)41/h6-7,9-11,14-16,41H,8,12-13H2,1-5H3/t14-,15-,16-/m1/s1. The van der Waals surface area contributed by atoms with E-state index in [9.17, 15) is 27.9 Å². The summed E-state index contributed by atoms with van der Waals surface area (Å²) in [5, 5.41) is 14.4. The molecule has 41 heavy (non-hydrogen) atoms. The van der Waals surface area contributed by atoms with Crippen LogP contribution in [0.15, 0.2) is 30.6 Å².